The largest absolute Gasteiger partial charge is 0.457 e. The van der Waals surface area contributed by atoms with Gasteiger partial charge in [0.25, 0.3) is 11.8 Å². The molecule has 3 rings (SSSR count). The van der Waals surface area contributed by atoms with Gasteiger partial charge in [0.2, 0.25) is 0 Å². The Bertz CT molecular complexity index is 904. The molecular formula is C16H10Cl2N2O3S. The first-order valence-corrected chi connectivity index (χ1v) is 7.93. The van der Waals surface area contributed by atoms with Crippen LogP contribution in [0.2, 0.25) is 10.0 Å². The van der Waals surface area contributed by atoms with E-state index in [9.17, 15) is 9.59 Å². The van der Waals surface area contributed by atoms with Gasteiger partial charge in [-0.1, -0.05) is 23.2 Å². The van der Waals surface area contributed by atoms with Gasteiger partial charge in [-0.05, 0) is 48.6 Å². The molecule has 24 heavy (non-hydrogen) atoms. The minimum Gasteiger partial charge on any atom is -0.457 e. The summed E-state index contributed by atoms with van der Waals surface area (Å²) in [6.45, 7) is 0. The zero-order valence-electron chi connectivity index (χ0n) is 12.3. The van der Waals surface area contributed by atoms with Crippen LogP contribution in [0.5, 0.6) is 0 Å². The number of nitrogens with one attached hydrogen (secondary N) is 1. The Kier molecular flexibility index (Phi) is 4.45. The van der Waals surface area contributed by atoms with E-state index in [-0.39, 0.29) is 10.7 Å². The van der Waals surface area contributed by atoms with Crippen molar-refractivity contribution >= 4 is 58.4 Å². The normalized spacial score (nSPS) is 16.7. The summed E-state index contributed by atoms with van der Waals surface area (Å²) in [5, 5.41) is 3.49. The summed E-state index contributed by atoms with van der Waals surface area (Å²) < 4.78 is 5.66. The van der Waals surface area contributed by atoms with Gasteiger partial charge in [0.15, 0.2) is 5.11 Å². The lowest BCUT2D eigenvalue weighted by molar-refractivity contribution is -0.128. The highest BCUT2D eigenvalue weighted by molar-refractivity contribution is 7.80. The maximum atomic E-state index is 12.2. The zero-order valence-corrected chi connectivity index (χ0v) is 14.6. The smallest absolute Gasteiger partial charge is 0.265 e. The Morgan fingerprint density at radius 2 is 1.96 bits per heavy atom. The van der Waals surface area contributed by atoms with Crippen molar-refractivity contribution in [1.29, 1.82) is 0 Å². The van der Waals surface area contributed by atoms with Crippen LogP contribution in [-0.2, 0) is 9.59 Å². The van der Waals surface area contributed by atoms with Gasteiger partial charge >= 0.3 is 0 Å². The van der Waals surface area contributed by atoms with Crippen LogP contribution >= 0.6 is 35.4 Å². The number of rotatable bonds is 2. The van der Waals surface area contributed by atoms with E-state index >= 15 is 0 Å². The number of nitrogens with zero attached hydrogens (tertiary/aromatic N) is 1. The number of likely N-dealkylation sites (N-methyl/N-ethyl adjacent to an activating group) is 1. The number of amides is 2. The number of benzene rings is 1. The Morgan fingerprint density at radius 3 is 2.71 bits per heavy atom. The fraction of sp³-hybridized carbons (Fsp3) is 0.0625. The van der Waals surface area contributed by atoms with E-state index in [0.29, 0.717) is 27.1 Å². The second-order valence-electron chi connectivity index (χ2n) is 5.01. The maximum absolute atomic E-state index is 12.2. The Hall–Kier alpha value is -2.15. The summed E-state index contributed by atoms with van der Waals surface area (Å²) in [4.78, 5) is 25.3. The minimum atomic E-state index is -0.568. The molecule has 2 aromatic rings. The van der Waals surface area contributed by atoms with E-state index in [0.717, 1.165) is 0 Å². The average molecular weight is 381 g/mol. The fourth-order valence-electron chi connectivity index (χ4n) is 2.15. The van der Waals surface area contributed by atoms with E-state index in [2.05, 4.69) is 5.32 Å². The van der Waals surface area contributed by atoms with E-state index in [1.165, 1.54) is 18.0 Å². The molecule has 1 aliphatic heterocycles. The van der Waals surface area contributed by atoms with Gasteiger partial charge in [-0.15, -0.1) is 0 Å². The molecule has 0 radical (unpaired) electrons. The zero-order chi connectivity index (χ0) is 17.4. The number of thiocarbonyl (C=S) groups is 1. The topological polar surface area (TPSA) is 62.6 Å². The van der Waals surface area contributed by atoms with Crippen LogP contribution in [0.1, 0.15) is 5.76 Å². The monoisotopic (exact) mass is 380 g/mol. The minimum absolute atomic E-state index is 0.0630. The van der Waals surface area contributed by atoms with Gasteiger partial charge in [0.05, 0.1) is 5.02 Å². The lowest BCUT2D eigenvalue weighted by Crippen LogP contribution is -2.52. The molecule has 1 fully saturated rings. The van der Waals surface area contributed by atoms with Crippen LogP contribution < -0.4 is 5.32 Å². The van der Waals surface area contributed by atoms with Crippen LogP contribution in [0, 0.1) is 0 Å². The number of halogens is 2. The lowest BCUT2D eigenvalue weighted by atomic mass is 10.1. The number of furan rings is 1. The number of hydrogen-bond donors (Lipinski definition) is 1. The molecule has 122 valence electrons. The number of hydrogen-bond acceptors (Lipinski definition) is 4. The molecule has 1 saturated heterocycles. The molecular weight excluding hydrogens is 371 g/mol. The molecule has 2 amide bonds. The van der Waals surface area contributed by atoms with Crippen molar-refractivity contribution in [2.45, 2.75) is 0 Å². The predicted molar refractivity (Wildman–Crippen MR) is 95.7 cm³/mol. The van der Waals surface area contributed by atoms with Crippen LogP contribution in [0.25, 0.3) is 17.4 Å². The fourth-order valence-corrected chi connectivity index (χ4v) is 2.71. The molecule has 0 spiro atoms. The molecule has 0 aliphatic carbocycles. The van der Waals surface area contributed by atoms with Crippen molar-refractivity contribution in [3.05, 3.63) is 51.7 Å². The van der Waals surface area contributed by atoms with Crippen molar-refractivity contribution < 1.29 is 14.0 Å². The first-order valence-electron chi connectivity index (χ1n) is 6.77. The van der Waals surface area contributed by atoms with Crippen molar-refractivity contribution in [3.63, 3.8) is 0 Å². The highest BCUT2D eigenvalue weighted by Gasteiger charge is 2.31. The Labute approximate surface area is 152 Å². The van der Waals surface area contributed by atoms with Gasteiger partial charge in [-0.25, -0.2) is 0 Å². The number of carbonyl (C=O) groups excluding carboxylic acids is 2. The first-order chi connectivity index (χ1) is 11.4. The van der Waals surface area contributed by atoms with E-state index in [4.69, 9.17) is 39.8 Å². The van der Waals surface area contributed by atoms with Gasteiger partial charge in [-0.2, -0.15) is 0 Å². The highest BCUT2D eigenvalue weighted by atomic mass is 35.5. The van der Waals surface area contributed by atoms with Crippen molar-refractivity contribution in [1.82, 2.24) is 10.2 Å². The molecule has 1 aliphatic rings. The molecule has 1 aromatic carbocycles. The third-order valence-electron chi connectivity index (χ3n) is 3.41. The van der Waals surface area contributed by atoms with E-state index in [1.807, 2.05) is 0 Å². The van der Waals surface area contributed by atoms with Gasteiger partial charge in [-0.3, -0.25) is 19.8 Å². The maximum Gasteiger partial charge on any atom is 0.265 e. The first kappa shape index (κ1) is 16.7. The second kappa shape index (κ2) is 6.39. The quantitative estimate of drug-likeness (QED) is 0.491. The molecule has 5 nitrogen and oxygen atoms in total. The molecule has 0 atom stereocenters. The van der Waals surface area contributed by atoms with Crippen molar-refractivity contribution in [2.75, 3.05) is 7.05 Å². The van der Waals surface area contributed by atoms with Crippen LogP contribution in [0.15, 0.2) is 40.3 Å². The summed E-state index contributed by atoms with van der Waals surface area (Å²) in [6, 6.07) is 8.32. The van der Waals surface area contributed by atoms with Crippen LogP contribution in [0.3, 0.4) is 0 Å². The van der Waals surface area contributed by atoms with Gasteiger partial charge < -0.3 is 4.42 Å². The van der Waals surface area contributed by atoms with Gasteiger partial charge in [0, 0.05) is 17.6 Å². The van der Waals surface area contributed by atoms with Gasteiger partial charge in [0.1, 0.15) is 17.1 Å². The van der Waals surface area contributed by atoms with Crippen LogP contribution in [-0.4, -0.2) is 28.9 Å². The third-order valence-corrected chi connectivity index (χ3v) is 4.35. The predicted octanol–water partition coefficient (Wildman–Crippen LogP) is 3.51. The molecule has 8 heteroatoms. The molecule has 1 aromatic heterocycles. The molecule has 0 bridgehead atoms. The average Bonchev–Trinajstić information content (AvgIpc) is 3.00. The van der Waals surface area contributed by atoms with Crippen LogP contribution in [0.4, 0.5) is 0 Å². The summed E-state index contributed by atoms with van der Waals surface area (Å²) in [5.74, 6) is -0.257. The summed E-state index contributed by atoms with van der Waals surface area (Å²) in [7, 11) is 1.48. The molecule has 2 heterocycles. The number of carbonyl (C=O) groups is 2. The Balaban J connectivity index is 1.96. The lowest BCUT2D eigenvalue weighted by Gasteiger charge is -2.24. The summed E-state index contributed by atoms with van der Waals surface area (Å²) in [6.07, 6.45) is 1.36. The second-order valence-corrected chi connectivity index (χ2v) is 6.24. The molecule has 1 N–H and O–H groups in total. The highest BCUT2D eigenvalue weighted by Crippen LogP contribution is 2.32. The summed E-state index contributed by atoms with van der Waals surface area (Å²) in [5.41, 5.74) is 0.552. The SMILES string of the molecule is CN1C(=O)C(=Cc2ccc(-c3cc(Cl)ccc3Cl)o2)C(=O)NC1=S. The Morgan fingerprint density at radius 1 is 1.21 bits per heavy atom. The molecule has 0 saturated carbocycles. The third kappa shape index (κ3) is 3.08. The molecule has 0 unspecified atom stereocenters. The van der Waals surface area contributed by atoms with E-state index < -0.39 is 11.8 Å². The van der Waals surface area contributed by atoms with E-state index in [1.54, 1.807) is 30.3 Å². The van der Waals surface area contributed by atoms with Crippen molar-refractivity contribution in [3.8, 4) is 11.3 Å². The van der Waals surface area contributed by atoms with Crippen molar-refractivity contribution in [2.24, 2.45) is 0 Å². The standard InChI is InChI=1S/C16H10Cl2N2O3S/c1-20-15(22)11(14(21)19-16(20)24)7-9-3-5-13(23-9)10-6-8(17)2-4-12(10)18/h2-7H,1H3,(H,19,21,24). The summed E-state index contributed by atoms with van der Waals surface area (Å²) >= 11 is 17.0.